The van der Waals surface area contributed by atoms with Gasteiger partial charge in [0.15, 0.2) is 9.84 Å². The first-order valence-corrected chi connectivity index (χ1v) is 13.3. The van der Waals surface area contributed by atoms with Crippen LogP contribution in [0.4, 0.5) is 10.5 Å². The Bertz CT molecular complexity index is 993. The number of fused-ring (bicyclic) bond motifs is 2. The maximum absolute atomic E-state index is 12.3. The lowest BCUT2D eigenvalue weighted by Crippen LogP contribution is -2.52. The number of ether oxygens (including phenoxy) is 1. The predicted octanol–water partition coefficient (Wildman–Crippen LogP) is 2.41. The van der Waals surface area contributed by atoms with Gasteiger partial charge in [-0.25, -0.2) is 13.2 Å². The van der Waals surface area contributed by atoms with Crippen LogP contribution in [-0.4, -0.2) is 81.8 Å². The highest BCUT2D eigenvalue weighted by Crippen LogP contribution is 2.48. The van der Waals surface area contributed by atoms with E-state index >= 15 is 0 Å². The molecule has 0 aromatic heterocycles. The number of piperidine rings is 2. The predicted molar refractivity (Wildman–Crippen MR) is 122 cm³/mol. The lowest BCUT2D eigenvalue weighted by atomic mass is 9.74. The molecule has 0 atom stereocenters. The minimum atomic E-state index is -3.32. The van der Waals surface area contributed by atoms with Crippen LogP contribution >= 0.6 is 0 Å². The van der Waals surface area contributed by atoms with Crippen molar-refractivity contribution >= 4 is 27.5 Å². The van der Waals surface area contributed by atoms with E-state index in [4.69, 9.17) is 4.74 Å². The van der Waals surface area contributed by atoms with Gasteiger partial charge in [-0.1, -0.05) is 0 Å². The third-order valence-corrected chi connectivity index (χ3v) is 8.47. The summed E-state index contributed by atoms with van der Waals surface area (Å²) in [7, 11) is -3.32. The minimum absolute atomic E-state index is 0.0102. The number of hydrogen-bond acceptors (Lipinski definition) is 6. The van der Waals surface area contributed by atoms with Crippen LogP contribution in [0.3, 0.4) is 0 Å². The highest BCUT2D eigenvalue weighted by Gasteiger charge is 2.47. The summed E-state index contributed by atoms with van der Waals surface area (Å²) in [6, 6.07) is 5.63. The Morgan fingerprint density at radius 3 is 2.34 bits per heavy atom. The Kier molecular flexibility index (Phi) is 6.24. The van der Waals surface area contributed by atoms with Gasteiger partial charge in [0.25, 0.3) is 0 Å². The first-order valence-electron chi connectivity index (χ1n) is 11.4. The molecular formula is C23H33N3O5S. The third kappa shape index (κ3) is 4.24. The van der Waals surface area contributed by atoms with Gasteiger partial charge in [0.05, 0.1) is 11.5 Å². The zero-order valence-corrected chi connectivity index (χ0v) is 20.0. The number of carbonyl (C=O) groups is 2. The van der Waals surface area contributed by atoms with Crippen molar-refractivity contribution in [1.82, 2.24) is 9.80 Å². The van der Waals surface area contributed by atoms with Gasteiger partial charge in [0.2, 0.25) is 5.91 Å². The van der Waals surface area contributed by atoms with Gasteiger partial charge in [-0.05, 0) is 69.5 Å². The van der Waals surface area contributed by atoms with Crippen molar-refractivity contribution in [1.29, 1.82) is 0 Å². The maximum atomic E-state index is 12.3. The molecule has 0 unspecified atom stereocenters. The van der Waals surface area contributed by atoms with Crippen molar-refractivity contribution in [3.05, 3.63) is 23.8 Å². The van der Waals surface area contributed by atoms with E-state index in [1.807, 2.05) is 6.92 Å². The summed E-state index contributed by atoms with van der Waals surface area (Å²) in [4.78, 5) is 30.7. The summed E-state index contributed by atoms with van der Waals surface area (Å²) in [6.45, 7) is 7.62. The molecule has 2 saturated heterocycles. The molecule has 1 aromatic carbocycles. The topological polar surface area (TPSA) is 87.2 Å². The average Bonchev–Trinajstić information content (AvgIpc) is 3.08. The number of sulfone groups is 1. The van der Waals surface area contributed by atoms with Crippen LogP contribution < -0.4 is 4.90 Å². The fourth-order valence-corrected chi connectivity index (χ4v) is 6.18. The van der Waals surface area contributed by atoms with Crippen LogP contribution in [0.1, 0.15) is 45.1 Å². The van der Waals surface area contributed by atoms with Crippen LogP contribution in [0.5, 0.6) is 0 Å². The number of amides is 2. The fraction of sp³-hybridized carbons (Fsp3) is 0.652. The van der Waals surface area contributed by atoms with E-state index in [0.29, 0.717) is 37.2 Å². The molecule has 0 saturated carbocycles. The molecule has 3 aliphatic heterocycles. The van der Waals surface area contributed by atoms with Crippen LogP contribution in [0.15, 0.2) is 23.1 Å². The molecule has 0 N–H and O–H groups in total. The molecule has 1 aromatic rings. The summed E-state index contributed by atoms with van der Waals surface area (Å²) in [5, 5.41) is 0. The van der Waals surface area contributed by atoms with E-state index < -0.39 is 9.84 Å². The summed E-state index contributed by atoms with van der Waals surface area (Å²) in [5.41, 5.74) is 1.64. The molecule has 3 aliphatic rings. The summed E-state index contributed by atoms with van der Waals surface area (Å²) in [6.07, 6.45) is 4.63. The van der Waals surface area contributed by atoms with Crippen molar-refractivity contribution in [3.8, 4) is 0 Å². The van der Waals surface area contributed by atoms with Crippen molar-refractivity contribution in [3.63, 3.8) is 0 Å². The Hall–Kier alpha value is -2.13. The number of benzene rings is 1. The number of hydrogen-bond donors (Lipinski definition) is 0. The second-order valence-electron chi connectivity index (χ2n) is 9.29. The third-order valence-electron chi connectivity index (χ3n) is 7.36. The second kappa shape index (κ2) is 8.67. The van der Waals surface area contributed by atoms with Gasteiger partial charge in [-0.3, -0.25) is 4.79 Å². The largest absolute Gasteiger partial charge is 0.450 e. The zero-order chi connectivity index (χ0) is 23.1. The highest BCUT2D eigenvalue weighted by atomic mass is 32.2. The van der Waals surface area contributed by atoms with E-state index in [1.165, 1.54) is 6.26 Å². The quantitative estimate of drug-likeness (QED) is 0.684. The van der Waals surface area contributed by atoms with Crippen LogP contribution in [-0.2, 0) is 24.8 Å². The molecule has 1 spiro atoms. The molecule has 8 nitrogen and oxygen atoms in total. The molecule has 9 heteroatoms. The minimum Gasteiger partial charge on any atom is -0.450 e. The van der Waals surface area contributed by atoms with Crippen molar-refractivity contribution in [2.24, 2.45) is 0 Å². The molecule has 3 heterocycles. The van der Waals surface area contributed by atoms with Crippen LogP contribution in [0.2, 0.25) is 0 Å². The summed E-state index contributed by atoms with van der Waals surface area (Å²) in [5.74, 6) is -0.0102. The van der Waals surface area contributed by atoms with Gasteiger partial charge < -0.3 is 19.4 Å². The first-order chi connectivity index (χ1) is 15.1. The van der Waals surface area contributed by atoms with E-state index in [-0.39, 0.29) is 17.4 Å². The van der Waals surface area contributed by atoms with E-state index in [2.05, 4.69) is 4.90 Å². The second-order valence-corrected chi connectivity index (χ2v) is 11.3. The monoisotopic (exact) mass is 463 g/mol. The Morgan fingerprint density at radius 2 is 1.78 bits per heavy atom. The van der Waals surface area contributed by atoms with Gasteiger partial charge in [-0.2, -0.15) is 0 Å². The number of likely N-dealkylation sites (tertiary alicyclic amines) is 2. The van der Waals surface area contributed by atoms with Crippen LogP contribution in [0.25, 0.3) is 0 Å². The molecule has 0 aliphatic carbocycles. The number of anilines is 1. The molecule has 2 amide bonds. The van der Waals surface area contributed by atoms with E-state index in [1.54, 1.807) is 34.9 Å². The average molecular weight is 464 g/mol. The Balaban J connectivity index is 1.48. The molecule has 4 rings (SSSR count). The summed E-state index contributed by atoms with van der Waals surface area (Å²) >= 11 is 0. The molecule has 0 bridgehead atoms. The number of rotatable bonds is 3. The molecular weight excluding hydrogens is 430 g/mol. The van der Waals surface area contributed by atoms with E-state index in [0.717, 1.165) is 50.0 Å². The SMILES string of the molecule is CCOC(=O)N1CCC(N2CCC3(CC2)CN(C(C)=O)c2ccc(S(C)(=O)=O)cc23)CC1. The lowest BCUT2D eigenvalue weighted by molar-refractivity contribution is -0.116. The zero-order valence-electron chi connectivity index (χ0n) is 19.2. The van der Waals surface area contributed by atoms with Crippen LogP contribution in [0, 0.1) is 0 Å². The van der Waals surface area contributed by atoms with Gasteiger partial charge in [0, 0.05) is 50.0 Å². The van der Waals surface area contributed by atoms with E-state index in [9.17, 15) is 18.0 Å². The van der Waals surface area contributed by atoms with Crippen molar-refractivity contribution < 1.29 is 22.7 Å². The number of carbonyl (C=O) groups excluding carboxylic acids is 2. The summed E-state index contributed by atoms with van der Waals surface area (Å²) < 4.78 is 29.5. The smallest absolute Gasteiger partial charge is 0.409 e. The van der Waals surface area contributed by atoms with Gasteiger partial charge in [-0.15, -0.1) is 0 Å². The number of nitrogens with zero attached hydrogens (tertiary/aromatic N) is 3. The first kappa shape index (κ1) is 23.0. The highest BCUT2D eigenvalue weighted by molar-refractivity contribution is 7.90. The molecule has 32 heavy (non-hydrogen) atoms. The fourth-order valence-electron chi connectivity index (χ4n) is 5.53. The van der Waals surface area contributed by atoms with Crippen molar-refractivity contribution in [2.45, 2.75) is 55.9 Å². The lowest BCUT2D eigenvalue weighted by Gasteiger charge is -2.45. The Labute approximate surface area is 190 Å². The maximum Gasteiger partial charge on any atom is 0.409 e. The standard InChI is InChI=1S/C23H33N3O5S/c1-4-31-22(28)25-11-7-18(8-12-25)24-13-9-23(10-14-24)16-26(17(2)27)21-6-5-19(15-20(21)23)32(3,29)30/h5-6,15,18H,4,7-14,16H2,1-3H3. The van der Waals surface area contributed by atoms with Gasteiger partial charge in [0.1, 0.15) is 0 Å². The van der Waals surface area contributed by atoms with Gasteiger partial charge >= 0.3 is 6.09 Å². The molecule has 176 valence electrons. The Morgan fingerprint density at radius 1 is 1.12 bits per heavy atom. The van der Waals surface area contributed by atoms with Crippen molar-refractivity contribution in [2.75, 3.05) is 50.5 Å². The normalized spacial score (nSPS) is 21.6. The molecule has 2 fully saturated rings. The molecule has 0 radical (unpaired) electrons.